The number of ether oxygens (including phenoxy) is 2. The van der Waals surface area contributed by atoms with Crippen LogP contribution in [0.15, 0.2) is 18.2 Å². The Kier molecular flexibility index (Phi) is 4.99. The lowest BCUT2D eigenvalue weighted by atomic mass is 9.95. The van der Waals surface area contributed by atoms with Crippen LogP contribution in [0.3, 0.4) is 0 Å². The van der Waals surface area contributed by atoms with Gasteiger partial charge in [-0.1, -0.05) is 19.9 Å². The van der Waals surface area contributed by atoms with Crippen molar-refractivity contribution in [3.8, 4) is 5.75 Å². The number of hydrogen-bond donors (Lipinski definition) is 0. The SMILES string of the molecule is CC(C)c1ccc(O[C@H]2CCC[C@H](OC=O)C2)c(F)c1. The molecule has 1 aromatic carbocycles. The number of hydrogen-bond acceptors (Lipinski definition) is 3. The Balaban J connectivity index is 2.00. The summed E-state index contributed by atoms with van der Waals surface area (Å²) in [5.41, 5.74) is 0.959. The lowest BCUT2D eigenvalue weighted by molar-refractivity contribution is -0.136. The third kappa shape index (κ3) is 3.71. The molecule has 0 radical (unpaired) electrons. The fourth-order valence-corrected chi connectivity index (χ4v) is 2.56. The van der Waals surface area contributed by atoms with Crippen LogP contribution in [0.2, 0.25) is 0 Å². The minimum atomic E-state index is -0.324. The van der Waals surface area contributed by atoms with Gasteiger partial charge in [0, 0.05) is 6.42 Å². The van der Waals surface area contributed by atoms with Crippen molar-refractivity contribution in [3.63, 3.8) is 0 Å². The first kappa shape index (κ1) is 14.8. The van der Waals surface area contributed by atoms with Crippen molar-refractivity contribution >= 4 is 6.47 Å². The van der Waals surface area contributed by atoms with E-state index in [2.05, 4.69) is 0 Å². The first-order chi connectivity index (χ1) is 9.60. The molecular formula is C16H21FO3. The van der Waals surface area contributed by atoms with Gasteiger partial charge >= 0.3 is 0 Å². The van der Waals surface area contributed by atoms with Crippen LogP contribution in [-0.4, -0.2) is 18.7 Å². The molecule has 1 fully saturated rings. The van der Waals surface area contributed by atoms with Crippen LogP contribution in [-0.2, 0) is 9.53 Å². The largest absolute Gasteiger partial charge is 0.487 e. The topological polar surface area (TPSA) is 35.5 Å². The molecule has 0 unspecified atom stereocenters. The van der Waals surface area contributed by atoms with Gasteiger partial charge in [-0.2, -0.15) is 0 Å². The van der Waals surface area contributed by atoms with Gasteiger partial charge in [-0.3, -0.25) is 4.79 Å². The van der Waals surface area contributed by atoms with Gasteiger partial charge in [0.15, 0.2) is 11.6 Å². The van der Waals surface area contributed by atoms with Crippen LogP contribution < -0.4 is 4.74 Å². The van der Waals surface area contributed by atoms with Gasteiger partial charge in [-0.15, -0.1) is 0 Å². The Morgan fingerprint density at radius 1 is 1.30 bits per heavy atom. The zero-order valence-electron chi connectivity index (χ0n) is 12.0. The molecule has 0 saturated heterocycles. The van der Waals surface area contributed by atoms with E-state index in [0.717, 1.165) is 24.8 Å². The maximum Gasteiger partial charge on any atom is 0.293 e. The van der Waals surface area contributed by atoms with Crippen LogP contribution in [0, 0.1) is 5.82 Å². The molecule has 2 atom stereocenters. The number of carbonyl (C=O) groups is 1. The average Bonchev–Trinajstić information content (AvgIpc) is 2.42. The van der Waals surface area contributed by atoms with Gasteiger partial charge in [-0.25, -0.2) is 4.39 Å². The third-order valence-electron chi connectivity index (χ3n) is 3.74. The molecule has 0 heterocycles. The normalized spacial score (nSPS) is 22.6. The molecule has 20 heavy (non-hydrogen) atoms. The summed E-state index contributed by atoms with van der Waals surface area (Å²) in [5.74, 6) is 0.249. The molecular weight excluding hydrogens is 259 g/mol. The van der Waals surface area contributed by atoms with E-state index in [1.807, 2.05) is 19.9 Å². The standard InChI is InChI=1S/C16H21FO3/c1-11(2)12-6-7-16(15(17)8-12)20-14-5-3-4-13(9-14)19-10-18/h6-8,10-11,13-14H,3-5,9H2,1-2H3/t13-,14-/m0/s1. The monoisotopic (exact) mass is 280 g/mol. The van der Waals surface area contributed by atoms with Gasteiger partial charge in [0.1, 0.15) is 12.2 Å². The molecule has 0 spiro atoms. The van der Waals surface area contributed by atoms with Gasteiger partial charge in [-0.05, 0) is 42.9 Å². The van der Waals surface area contributed by atoms with Gasteiger partial charge < -0.3 is 9.47 Å². The second kappa shape index (κ2) is 6.73. The van der Waals surface area contributed by atoms with Gasteiger partial charge in [0.05, 0.1) is 0 Å². The lowest BCUT2D eigenvalue weighted by Gasteiger charge is -2.28. The highest BCUT2D eigenvalue weighted by molar-refractivity contribution is 5.37. The predicted molar refractivity (Wildman–Crippen MR) is 74.3 cm³/mol. The summed E-state index contributed by atoms with van der Waals surface area (Å²) < 4.78 is 24.7. The summed E-state index contributed by atoms with van der Waals surface area (Å²) in [6, 6.07) is 5.11. The smallest absolute Gasteiger partial charge is 0.293 e. The number of rotatable bonds is 5. The molecule has 4 heteroatoms. The van der Waals surface area contributed by atoms with E-state index < -0.39 is 0 Å². The third-order valence-corrected chi connectivity index (χ3v) is 3.74. The van der Waals surface area contributed by atoms with E-state index in [4.69, 9.17) is 9.47 Å². The van der Waals surface area contributed by atoms with E-state index in [1.54, 1.807) is 6.07 Å². The summed E-state index contributed by atoms with van der Waals surface area (Å²) in [7, 11) is 0. The van der Waals surface area contributed by atoms with E-state index in [1.165, 1.54) is 6.07 Å². The molecule has 110 valence electrons. The van der Waals surface area contributed by atoms with Crippen molar-refractivity contribution in [2.24, 2.45) is 0 Å². The molecule has 0 aliphatic heterocycles. The first-order valence-corrected chi connectivity index (χ1v) is 7.15. The summed E-state index contributed by atoms with van der Waals surface area (Å²) >= 11 is 0. The Labute approximate surface area is 119 Å². The molecule has 0 bridgehead atoms. The molecule has 0 amide bonds. The molecule has 3 nitrogen and oxygen atoms in total. The quantitative estimate of drug-likeness (QED) is 0.769. The average molecular weight is 280 g/mol. The van der Waals surface area contributed by atoms with E-state index in [0.29, 0.717) is 18.8 Å². The Morgan fingerprint density at radius 3 is 2.70 bits per heavy atom. The molecule has 0 N–H and O–H groups in total. The van der Waals surface area contributed by atoms with Crippen molar-refractivity contribution in [1.82, 2.24) is 0 Å². The Bertz CT molecular complexity index is 459. The van der Waals surface area contributed by atoms with Crippen molar-refractivity contribution in [3.05, 3.63) is 29.6 Å². The van der Waals surface area contributed by atoms with E-state index >= 15 is 0 Å². The fourth-order valence-electron chi connectivity index (χ4n) is 2.56. The van der Waals surface area contributed by atoms with Crippen molar-refractivity contribution in [2.75, 3.05) is 0 Å². The first-order valence-electron chi connectivity index (χ1n) is 7.15. The number of carbonyl (C=O) groups excluding carboxylic acids is 1. The van der Waals surface area contributed by atoms with Crippen LogP contribution in [0.5, 0.6) is 5.75 Å². The maximum atomic E-state index is 14.0. The molecule has 1 aromatic rings. The summed E-state index contributed by atoms with van der Waals surface area (Å²) in [5, 5.41) is 0. The lowest BCUT2D eigenvalue weighted by Crippen LogP contribution is -2.30. The Morgan fingerprint density at radius 2 is 2.05 bits per heavy atom. The fraction of sp³-hybridized carbons (Fsp3) is 0.562. The second-order valence-electron chi connectivity index (χ2n) is 5.61. The highest BCUT2D eigenvalue weighted by Crippen LogP contribution is 2.28. The molecule has 2 rings (SSSR count). The van der Waals surface area contributed by atoms with Gasteiger partial charge in [0.2, 0.25) is 0 Å². The number of halogens is 1. The minimum Gasteiger partial charge on any atom is -0.487 e. The summed E-state index contributed by atoms with van der Waals surface area (Å²) in [6.07, 6.45) is 3.08. The Hall–Kier alpha value is -1.58. The highest BCUT2D eigenvalue weighted by atomic mass is 19.1. The van der Waals surface area contributed by atoms with Crippen molar-refractivity contribution in [2.45, 2.75) is 57.7 Å². The molecule has 1 aliphatic rings. The molecule has 1 saturated carbocycles. The maximum absolute atomic E-state index is 14.0. The minimum absolute atomic E-state index is 0.0897. The second-order valence-corrected chi connectivity index (χ2v) is 5.61. The van der Waals surface area contributed by atoms with Crippen molar-refractivity contribution < 1.29 is 18.7 Å². The van der Waals surface area contributed by atoms with E-state index in [-0.39, 0.29) is 23.8 Å². The predicted octanol–water partition coefficient (Wildman–Crippen LogP) is 3.81. The molecule has 1 aliphatic carbocycles. The van der Waals surface area contributed by atoms with Crippen LogP contribution in [0.1, 0.15) is 51.0 Å². The highest BCUT2D eigenvalue weighted by Gasteiger charge is 2.25. The van der Waals surface area contributed by atoms with E-state index in [9.17, 15) is 9.18 Å². The number of benzene rings is 1. The van der Waals surface area contributed by atoms with Gasteiger partial charge in [0.25, 0.3) is 6.47 Å². The van der Waals surface area contributed by atoms with Crippen molar-refractivity contribution in [1.29, 1.82) is 0 Å². The van der Waals surface area contributed by atoms with Crippen LogP contribution in [0.25, 0.3) is 0 Å². The molecule has 0 aromatic heterocycles. The summed E-state index contributed by atoms with van der Waals surface area (Å²) in [6.45, 7) is 4.53. The van der Waals surface area contributed by atoms with Crippen LogP contribution in [0.4, 0.5) is 4.39 Å². The summed E-state index contributed by atoms with van der Waals surface area (Å²) in [4.78, 5) is 10.4. The van der Waals surface area contributed by atoms with Crippen LogP contribution >= 0.6 is 0 Å². The zero-order valence-corrected chi connectivity index (χ0v) is 12.0. The zero-order chi connectivity index (χ0) is 14.5.